The number of hydrogen-bond donors (Lipinski definition) is 0. The summed E-state index contributed by atoms with van der Waals surface area (Å²) in [6.45, 7) is 12.5. The first-order valence-corrected chi connectivity index (χ1v) is 11.2. The minimum absolute atomic E-state index is 0.260. The predicted molar refractivity (Wildman–Crippen MR) is 121 cm³/mol. The van der Waals surface area contributed by atoms with E-state index in [4.69, 9.17) is 9.47 Å². The fraction of sp³-hybridized carbons (Fsp3) is 0.565. The number of ether oxygens (including phenoxy) is 2. The van der Waals surface area contributed by atoms with Gasteiger partial charge in [-0.3, -0.25) is 4.57 Å². The largest absolute Gasteiger partial charge is 0.444 e. The third-order valence-corrected chi connectivity index (χ3v) is 5.47. The molecule has 1 aromatic carbocycles. The van der Waals surface area contributed by atoms with Gasteiger partial charge in [-0.25, -0.2) is 9.59 Å². The maximum atomic E-state index is 12.8. The Balaban J connectivity index is 1.83. The van der Waals surface area contributed by atoms with Crippen LogP contribution >= 0.6 is 15.9 Å². The number of halogens is 1. The van der Waals surface area contributed by atoms with Gasteiger partial charge in [0.1, 0.15) is 11.2 Å². The van der Waals surface area contributed by atoms with Crippen LogP contribution in [0.1, 0.15) is 65.9 Å². The first kappa shape index (κ1) is 22.7. The molecule has 0 aliphatic carbocycles. The summed E-state index contributed by atoms with van der Waals surface area (Å²) in [5.74, 6) is 0.260. The molecule has 0 unspecified atom stereocenters. The van der Waals surface area contributed by atoms with Gasteiger partial charge in [0.25, 0.3) is 0 Å². The summed E-state index contributed by atoms with van der Waals surface area (Å²) in [5.41, 5.74) is 0.871. The van der Waals surface area contributed by atoms with Gasteiger partial charge in [-0.15, -0.1) is 0 Å². The zero-order chi connectivity index (χ0) is 22.3. The highest BCUT2D eigenvalue weighted by Crippen LogP contribution is 2.36. The van der Waals surface area contributed by atoms with Crippen LogP contribution in [0, 0.1) is 0 Å². The fourth-order valence-electron chi connectivity index (χ4n) is 3.71. The lowest BCUT2D eigenvalue weighted by molar-refractivity contribution is 0.0205. The van der Waals surface area contributed by atoms with Crippen LogP contribution < -0.4 is 0 Å². The number of piperidine rings is 1. The van der Waals surface area contributed by atoms with Gasteiger partial charge in [0.05, 0.1) is 5.52 Å². The lowest BCUT2D eigenvalue weighted by Crippen LogP contribution is -2.41. The molecule has 164 valence electrons. The Morgan fingerprint density at radius 2 is 1.53 bits per heavy atom. The van der Waals surface area contributed by atoms with Gasteiger partial charge in [-0.2, -0.15) is 0 Å². The van der Waals surface area contributed by atoms with Crippen molar-refractivity contribution in [2.24, 2.45) is 0 Å². The molecule has 1 aromatic heterocycles. The van der Waals surface area contributed by atoms with Crippen LogP contribution in [-0.2, 0) is 9.47 Å². The van der Waals surface area contributed by atoms with E-state index in [2.05, 4.69) is 15.9 Å². The molecule has 1 aliphatic heterocycles. The molecule has 0 atom stereocenters. The number of carbonyl (C=O) groups excluding carboxylic acids is 2. The molecule has 2 heterocycles. The zero-order valence-corrected chi connectivity index (χ0v) is 20.2. The van der Waals surface area contributed by atoms with E-state index in [9.17, 15) is 9.59 Å². The summed E-state index contributed by atoms with van der Waals surface area (Å²) >= 11 is 3.51. The third kappa shape index (κ3) is 5.36. The first-order chi connectivity index (χ1) is 13.8. The lowest BCUT2D eigenvalue weighted by Gasteiger charge is -2.33. The number of fused-ring (bicyclic) bond motifs is 1. The van der Waals surface area contributed by atoms with E-state index in [1.165, 1.54) is 0 Å². The van der Waals surface area contributed by atoms with Gasteiger partial charge in [-0.1, -0.05) is 22.0 Å². The zero-order valence-electron chi connectivity index (χ0n) is 18.6. The first-order valence-electron chi connectivity index (χ1n) is 10.4. The summed E-state index contributed by atoms with van der Waals surface area (Å²) in [6, 6.07) is 5.97. The molecule has 2 aromatic rings. The van der Waals surface area contributed by atoms with Crippen molar-refractivity contribution in [2.75, 3.05) is 13.1 Å². The summed E-state index contributed by atoms with van der Waals surface area (Å²) < 4.78 is 13.6. The summed E-state index contributed by atoms with van der Waals surface area (Å²) in [7, 11) is 0. The Morgan fingerprint density at radius 1 is 0.967 bits per heavy atom. The van der Waals surface area contributed by atoms with Crippen LogP contribution in [0.4, 0.5) is 9.59 Å². The average molecular weight is 479 g/mol. The van der Waals surface area contributed by atoms with Crippen molar-refractivity contribution in [3.8, 4) is 0 Å². The van der Waals surface area contributed by atoms with Crippen molar-refractivity contribution in [2.45, 2.75) is 71.5 Å². The lowest BCUT2D eigenvalue weighted by atomic mass is 9.89. The standard InChI is InChI=1S/C23H31BrN2O4/c1-22(2,3)29-20(27)25-11-9-15(10-12-25)18-14-26(21(28)30-23(4,5)6)19-13-16(24)7-8-17(18)19/h7-8,13-15H,9-12H2,1-6H3. The maximum Gasteiger partial charge on any atom is 0.419 e. The highest BCUT2D eigenvalue weighted by atomic mass is 79.9. The number of carbonyl (C=O) groups is 2. The molecule has 0 radical (unpaired) electrons. The molecule has 30 heavy (non-hydrogen) atoms. The van der Waals surface area contributed by atoms with Crippen LogP contribution in [-0.4, -0.2) is 45.9 Å². The highest BCUT2D eigenvalue weighted by Gasteiger charge is 2.30. The number of benzene rings is 1. The highest BCUT2D eigenvalue weighted by molar-refractivity contribution is 9.10. The number of likely N-dealkylation sites (tertiary alicyclic amines) is 1. The average Bonchev–Trinajstić information content (AvgIpc) is 2.97. The molecule has 1 fully saturated rings. The molecular weight excluding hydrogens is 448 g/mol. The number of nitrogens with zero attached hydrogens (tertiary/aromatic N) is 2. The molecule has 1 amide bonds. The van der Waals surface area contributed by atoms with Crippen LogP contribution in [0.15, 0.2) is 28.9 Å². The maximum absolute atomic E-state index is 12.8. The Kier molecular flexibility index (Phi) is 6.23. The van der Waals surface area contributed by atoms with Crippen molar-refractivity contribution in [1.82, 2.24) is 9.47 Å². The molecule has 0 saturated carbocycles. The summed E-state index contributed by atoms with van der Waals surface area (Å²) in [6.07, 6.45) is 2.90. The number of amides is 1. The topological polar surface area (TPSA) is 60.8 Å². The normalized spacial score (nSPS) is 16.0. The summed E-state index contributed by atoms with van der Waals surface area (Å²) in [5, 5.41) is 1.04. The molecule has 0 bridgehead atoms. The van der Waals surface area contributed by atoms with Gasteiger partial charge in [0.2, 0.25) is 0 Å². The second-order valence-corrected chi connectivity index (χ2v) is 10.8. The fourth-order valence-corrected chi connectivity index (χ4v) is 4.06. The Hall–Kier alpha value is -2.02. The second-order valence-electron chi connectivity index (χ2n) is 9.84. The summed E-state index contributed by atoms with van der Waals surface area (Å²) in [4.78, 5) is 26.9. The third-order valence-electron chi connectivity index (χ3n) is 4.98. The molecule has 3 rings (SSSR count). The second kappa shape index (κ2) is 8.25. The van der Waals surface area contributed by atoms with Crippen LogP contribution in [0.5, 0.6) is 0 Å². The van der Waals surface area contributed by atoms with Crippen molar-refractivity contribution in [1.29, 1.82) is 0 Å². The van der Waals surface area contributed by atoms with Crippen molar-refractivity contribution < 1.29 is 19.1 Å². The molecule has 1 saturated heterocycles. The number of hydrogen-bond acceptors (Lipinski definition) is 4. The van der Waals surface area contributed by atoms with E-state index in [1.54, 1.807) is 9.47 Å². The quantitative estimate of drug-likeness (QED) is 0.482. The minimum atomic E-state index is -0.571. The molecule has 6 nitrogen and oxygen atoms in total. The number of aromatic nitrogens is 1. The van der Waals surface area contributed by atoms with Crippen LogP contribution in [0.25, 0.3) is 10.9 Å². The smallest absolute Gasteiger partial charge is 0.419 e. The molecule has 1 aliphatic rings. The molecule has 7 heteroatoms. The predicted octanol–water partition coefficient (Wildman–Crippen LogP) is 6.30. The van der Waals surface area contributed by atoms with E-state index in [-0.39, 0.29) is 18.1 Å². The van der Waals surface area contributed by atoms with E-state index in [1.807, 2.05) is 65.9 Å². The SMILES string of the molecule is CC(C)(C)OC(=O)N1CCC(c2cn(C(=O)OC(C)(C)C)c3cc(Br)ccc23)CC1. The van der Waals surface area contributed by atoms with Gasteiger partial charge in [-0.05, 0) is 78.0 Å². The van der Waals surface area contributed by atoms with Gasteiger partial charge in [0, 0.05) is 29.1 Å². The van der Waals surface area contributed by atoms with E-state index in [0.29, 0.717) is 13.1 Å². The molecule has 0 N–H and O–H groups in total. The Labute approximate surface area is 186 Å². The van der Waals surface area contributed by atoms with Gasteiger partial charge < -0.3 is 14.4 Å². The molecule has 0 spiro atoms. The van der Waals surface area contributed by atoms with E-state index >= 15 is 0 Å². The Morgan fingerprint density at radius 3 is 2.10 bits per heavy atom. The van der Waals surface area contributed by atoms with Crippen molar-refractivity contribution in [3.05, 3.63) is 34.4 Å². The van der Waals surface area contributed by atoms with Crippen molar-refractivity contribution in [3.63, 3.8) is 0 Å². The van der Waals surface area contributed by atoms with Crippen molar-refractivity contribution >= 4 is 39.0 Å². The molecular formula is C23H31BrN2O4. The monoisotopic (exact) mass is 478 g/mol. The van der Waals surface area contributed by atoms with E-state index < -0.39 is 11.2 Å². The van der Waals surface area contributed by atoms with Crippen LogP contribution in [0.2, 0.25) is 0 Å². The van der Waals surface area contributed by atoms with E-state index in [0.717, 1.165) is 33.8 Å². The Bertz CT molecular complexity index is 944. The van der Waals surface area contributed by atoms with Gasteiger partial charge in [0.15, 0.2) is 0 Å². The minimum Gasteiger partial charge on any atom is -0.444 e. The van der Waals surface area contributed by atoms with Gasteiger partial charge >= 0.3 is 12.2 Å². The number of rotatable bonds is 1. The van der Waals surface area contributed by atoms with Crippen LogP contribution in [0.3, 0.4) is 0 Å².